The van der Waals surface area contributed by atoms with Crippen LogP contribution in [0.1, 0.15) is 17.0 Å². The summed E-state index contributed by atoms with van der Waals surface area (Å²) in [6.45, 7) is 2.28. The van der Waals surface area contributed by atoms with Crippen LogP contribution in [0.3, 0.4) is 0 Å². The van der Waals surface area contributed by atoms with Crippen LogP contribution < -0.4 is 5.73 Å². The van der Waals surface area contributed by atoms with Gasteiger partial charge in [0.15, 0.2) is 5.16 Å². The van der Waals surface area contributed by atoms with Crippen molar-refractivity contribution in [3.05, 3.63) is 41.0 Å². The molecule has 0 fully saturated rings. The van der Waals surface area contributed by atoms with E-state index in [1.165, 1.54) is 12.1 Å². The second kappa shape index (κ2) is 5.49. The average molecular weight is 266 g/mol. The van der Waals surface area contributed by atoms with Crippen LogP contribution in [0.4, 0.5) is 4.39 Å². The fourth-order valence-electron chi connectivity index (χ4n) is 1.61. The Balaban J connectivity index is 2.09. The Labute approximate surface area is 109 Å². The molecular weight excluding hydrogens is 251 g/mol. The molecule has 0 amide bonds. The molecule has 6 heteroatoms. The largest absolute Gasteiger partial charge is 0.324 e. The van der Waals surface area contributed by atoms with Gasteiger partial charge in [-0.25, -0.2) is 4.39 Å². The zero-order chi connectivity index (χ0) is 13.1. The molecular formula is C12H15FN4S. The highest BCUT2D eigenvalue weighted by Crippen LogP contribution is 2.23. The standard InChI is InChI=1S/C12H15FN4S/c1-8-5-10(13)4-3-9(8)7-18-12-16-15-11(6-14)17(12)2/h3-5H,6-7,14H2,1-2H3. The number of halogens is 1. The number of thioether (sulfide) groups is 1. The zero-order valence-electron chi connectivity index (χ0n) is 10.4. The smallest absolute Gasteiger partial charge is 0.191 e. The van der Waals surface area contributed by atoms with Gasteiger partial charge < -0.3 is 10.3 Å². The molecule has 0 unspecified atom stereocenters. The summed E-state index contributed by atoms with van der Waals surface area (Å²) >= 11 is 1.57. The molecule has 18 heavy (non-hydrogen) atoms. The van der Waals surface area contributed by atoms with Crippen molar-refractivity contribution >= 4 is 11.8 Å². The summed E-state index contributed by atoms with van der Waals surface area (Å²) in [5.74, 6) is 1.29. The van der Waals surface area contributed by atoms with Crippen LogP contribution in [-0.2, 0) is 19.3 Å². The van der Waals surface area contributed by atoms with Crippen LogP contribution in [0, 0.1) is 12.7 Å². The van der Waals surface area contributed by atoms with E-state index in [0.29, 0.717) is 6.54 Å². The second-order valence-corrected chi connectivity index (χ2v) is 4.96. The summed E-state index contributed by atoms with van der Waals surface area (Å²) in [5.41, 5.74) is 7.58. The molecule has 1 aromatic carbocycles. The first-order valence-corrected chi connectivity index (χ1v) is 6.56. The second-order valence-electron chi connectivity index (χ2n) is 4.02. The van der Waals surface area contributed by atoms with Crippen molar-refractivity contribution in [2.75, 3.05) is 0 Å². The quantitative estimate of drug-likeness (QED) is 0.860. The lowest BCUT2D eigenvalue weighted by Gasteiger charge is -2.05. The van der Waals surface area contributed by atoms with Crippen LogP contribution in [0.15, 0.2) is 23.4 Å². The molecule has 4 nitrogen and oxygen atoms in total. The predicted octanol–water partition coefficient (Wildman–Crippen LogP) is 2.01. The maximum atomic E-state index is 13.0. The Morgan fingerprint density at radius 3 is 2.78 bits per heavy atom. The summed E-state index contributed by atoms with van der Waals surface area (Å²) in [6, 6.07) is 4.82. The van der Waals surface area contributed by atoms with Gasteiger partial charge in [-0.1, -0.05) is 17.8 Å². The highest BCUT2D eigenvalue weighted by Gasteiger charge is 2.08. The summed E-state index contributed by atoms with van der Waals surface area (Å²) in [4.78, 5) is 0. The number of aryl methyl sites for hydroxylation is 1. The number of hydrogen-bond acceptors (Lipinski definition) is 4. The molecule has 0 aliphatic carbocycles. The fourth-order valence-corrected chi connectivity index (χ4v) is 2.62. The minimum atomic E-state index is -0.203. The third-order valence-electron chi connectivity index (χ3n) is 2.77. The highest BCUT2D eigenvalue weighted by molar-refractivity contribution is 7.98. The van der Waals surface area contributed by atoms with Gasteiger partial charge >= 0.3 is 0 Å². The molecule has 2 aromatic rings. The minimum absolute atomic E-state index is 0.203. The summed E-state index contributed by atoms with van der Waals surface area (Å²) in [6.07, 6.45) is 0. The third kappa shape index (κ3) is 2.70. The van der Waals surface area contributed by atoms with Gasteiger partial charge in [0.05, 0.1) is 6.54 Å². The maximum Gasteiger partial charge on any atom is 0.191 e. The van der Waals surface area contributed by atoms with E-state index in [1.807, 2.05) is 18.5 Å². The Morgan fingerprint density at radius 2 is 2.17 bits per heavy atom. The van der Waals surface area contributed by atoms with Crippen LogP contribution in [0.5, 0.6) is 0 Å². The molecule has 0 bridgehead atoms. The molecule has 1 heterocycles. The molecule has 0 atom stereocenters. The maximum absolute atomic E-state index is 13.0. The number of benzene rings is 1. The Hall–Kier alpha value is -1.40. The first-order chi connectivity index (χ1) is 8.61. The minimum Gasteiger partial charge on any atom is -0.324 e. The van der Waals surface area contributed by atoms with E-state index in [9.17, 15) is 4.39 Å². The van der Waals surface area contributed by atoms with Crippen LogP contribution in [0.25, 0.3) is 0 Å². The molecule has 2 rings (SSSR count). The molecule has 0 aliphatic heterocycles. The van der Waals surface area contributed by atoms with E-state index < -0.39 is 0 Å². The molecule has 1 aromatic heterocycles. The lowest BCUT2D eigenvalue weighted by atomic mass is 10.1. The molecule has 0 aliphatic rings. The van der Waals surface area contributed by atoms with Crippen molar-refractivity contribution in [2.45, 2.75) is 24.4 Å². The van der Waals surface area contributed by atoms with Crippen molar-refractivity contribution < 1.29 is 4.39 Å². The fraction of sp³-hybridized carbons (Fsp3) is 0.333. The van der Waals surface area contributed by atoms with Crippen molar-refractivity contribution in [3.8, 4) is 0 Å². The third-order valence-corrected chi connectivity index (χ3v) is 3.84. The lowest BCUT2D eigenvalue weighted by molar-refractivity contribution is 0.626. The zero-order valence-corrected chi connectivity index (χ0v) is 11.2. The monoisotopic (exact) mass is 266 g/mol. The van der Waals surface area contributed by atoms with Gasteiger partial charge in [0, 0.05) is 12.8 Å². The summed E-state index contributed by atoms with van der Waals surface area (Å²) in [5, 5.41) is 8.88. The molecule has 0 saturated carbocycles. The van der Waals surface area contributed by atoms with E-state index in [2.05, 4.69) is 10.2 Å². The van der Waals surface area contributed by atoms with Crippen molar-refractivity contribution in [1.29, 1.82) is 0 Å². The van der Waals surface area contributed by atoms with E-state index in [-0.39, 0.29) is 5.82 Å². The van der Waals surface area contributed by atoms with E-state index in [0.717, 1.165) is 27.9 Å². The van der Waals surface area contributed by atoms with Crippen molar-refractivity contribution in [3.63, 3.8) is 0 Å². The molecule has 96 valence electrons. The topological polar surface area (TPSA) is 56.7 Å². The number of aromatic nitrogens is 3. The molecule has 2 N–H and O–H groups in total. The van der Waals surface area contributed by atoms with E-state index in [4.69, 9.17) is 5.73 Å². The first-order valence-electron chi connectivity index (χ1n) is 5.58. The van der Waals surface area contributed by atoms with E-state index in [1.54, 1.807) is 17.8 Å². The SMILES string of the molecule is Cc1cc(F)ccc1CSc1nnc(CN)n1C. The predicted molar refractivity (Wildman–Crippen MR) is 69.6 cm³/mol. The average Bonchev–Trinajstić information content (AvgIpc) is 2.69. The first kappa shape index (κ1) is 13.0. The Morgan fingerprint density at radius 1 is 1.39 bits per heavy atom. The Bertz CT molecular complexity index is 553. The number of rotatable bonds is 4. The van der Waals surface area contributed by atoms with Gasteiger partial charge in [-0.05, 0) is 30.2 Å². The summed E-state index contributed by atoms with van der Waals surface area (Å²) < 4.78 is 14.9. The summed E-state index contributed by atoms with van der Waals surface area (Å²) in [7, 11) is 1.89. The van der Waals surface area contributed by atoms with Gasteiger partial charge in [0.1, 0.15) is 11.6 Å². The van der Waals surface area contributed by atoms with Gasteiger partial charge in [-0.2, -0.15) is 0 Å². The van der Waals surface area contributed by atoms with E-state index >= 15 is 0 Å². The molecule has 0 saturated heterocycles. The number of nitrogens with zero attached hydrogens (tertiary/aromatic N) is 3. The van der Waals surface area contributed by atoms with Crippen LogP contribution in [0.2, 0.25) is 0 Å². The molecule has 0 spiro atoms. The van der Waals surface area contributed by atoms with Gasteiger partial charge in [0.2, 0.25) is 0 Å². The normalized spacial score (nSPS) is 10.9. The lowest BCUT2D eigenvalue weighted by Crippen LogP contribution is -2.05. The van der Waals surface area contributed by atoms with Crippen LogP contribution >= 0.6 is 11.8 Å². The van der Waals surface area contributed by atoms with Gasteiger partial charge in [0.25, 0.3) is 0 Å². The molecule has 0 radical (unpaired) electrons. The Kier molecular flexibility index (Phi) is 3.98. The van der Waals surface area contributed by atoms with Crippen LogP contribution in [-0.4, -0.2) is 14.8 Å². The number of hydrogen-bond donors (Lipinski definition) is 1. The number of nitrogens with two attached hydrogens (primary N) is 1. The van der Waals surface area contributed by atoms with Gasteiger partial charge in [-0.3, -0.25) is 0 Å². The highest BCUT2D eigenvalue weighted by atomic mass is 32.2. The van der Waals surface area contributed by atoms with Crippen molar-refractivity contribution in [1.82, 2.24) is 14.8 Å². The van der Waals surface area contributed by atoms with Gasteiger partial charge in [-0.15, -0.1) is 10.2 Å². The van der Waals surface area contributed by atoms with Crippen molar-refractivity contribution in [2.24, 2.45) is 12.8 Å².